The molecule has 0 unspecified atom stereocenters. The van der Waals surface area contributed by atoms with E-state index in [4.69, 9.17) is 4.98 Å². The fourth-order valence-corrected chi connectivity index (χ4v) is 3.63. The third-order valence-corrected chi connectivity index (χ3v) is 5.53. The van der Waals surface area contributed by atoms with Crippen molar-refractivity contribution in [3.63, 3.8) is 0 Å². The van der Waals surface area contributed by atoms with E-state index in [1.807, 2.05) is 6.07 Å². The van der Waals surface area contributed by atoms with Crippen molar-refractivity contribution in [3.05, 3.63) is 64.7 Å². The topological polar surface area (TPSA) is 59.1 Å². The average molecular weight is 378 g/mol. The van der Waals surface area contributed by atoms with Crippen molar-refractivity contribution in [1.29, 1.82) is 0 Å². The number of hydrogen-bond donors (Lipinski definition) is 1. The number of nitrogens with zero attached hydrogens (tertiary/aromatic N) is 1. The number of aromatic nitrogens is 1. The van der Waals surface area contributed by atoms with Crippen LogP contribution < -0.4 is 5.32 Å². The van der Waals surface area contributed by atoms with Crippen LogP contribution in [0.3, 0.4) is 0 Å². The molecule has 3 rings (SSSR count). The molecule has 1 N–H and O–H groups in total. The van der Waals surface area contributed by atoms with Gasteiger partial charge in [-0.3, -0.25) is 9.59 Å². The van der Waals surface area contributed by atoms with Crippen molar-refractivity contribution in [2.24, 2.45) is 0 Å². The number of hydrogen-bond acceptors (Lipinski definition) is 4. The maximum absolute atomic E-state index is 12.2. The molecule has 4 nitrogen and oxygen atoms in total. The second-order valence-corrected chi connectivity index (χ2v) is 7.65. The molecule has 0 aliphatic rings. The van der Waals surface area contributed by atoms with Crippen molar-refractivity contribution in [2.45, 2.75) is 32.7 Å². The van der Waals surface area contributed by atoms with Gasteiger partial charge in [0.1, 0.15) is 0 Å². The molecule has 5 heteroatoms. The van der Waals surface area contributed by atoms with Crippen molar-refractivity contribution in [1.82, 2.24) is 4.98 Å². The first kappa shape index (κ1) is 19.1. The molecule has 1 aromatic heterocycles. The molecule has 0 saturated carbocycles. The Bertz CT molecular complexity index is 1030. The lowest BCUT2D eigenvalue weighted by molar-refractivity contribution is -0.113. The molecular formula is C22H22N2O2S. The van der Waals surface area contributed by atoms with Gasteiger partial charge >= 0.3 is 0 Å². The Hall–Kier alpha value is -2.66. The SMILES string of the molecule is CC(=O)c1ccc(NC(=O)CSc2cc(C)c3ccc(C)c(C)c3n2)cc1. The molecule has 2 aromatic carbocycles. The maximum Gasteiger partial charge on any atom is 0.234 e. The van der Waals surface area contributed by atoms with Crippen LogP contribution in [-0.2, 0) is 4.79 Å². The Morgan fingerprint density at radius 3 is 2.37 bits per heavy atom. The number of amides is 1. The van der Waals surface area contributed by atoms with E-state index < -0.39 is 0 Å². The second kappa shape index (κ2) is 7.92. The van der Waals surface area contributed by atoms with Crippen LogP contribution in [0.5, 0.6) is 0 Å². The standard InChI is InChI=1S/C22H22N2O2S/c1-13-5-10-19-14(2)11-21(24-22(19)15(13)3)27-12-20(26)23-18-8-6-17(7-9-18)16(4)25/h5-11H,12H2,1-4H3,(H,23,26). The van der Waals surface area contributed by atoms with Gasteiger partial charge in [0.25, 0.3) is 0 Å². The zero-order chi connectivity index (χ0) is 19.6. The summed E-state index contributed by atoms with van der Waals surface area (Å²) in [6.45, 7) is 7.75. The quantitative estimate of drug-likeness (QED) is 0.496. The van der Waals surface area contributed by atoms with Crippen LogP contribution in [0.25, 0.3) is 10.9 Å². The monoisotopic (exact) mass is 378 g/mol. The number of ketones is 1. The van der Waals surface area contributed by atoms with Gasteiger partial charge in [0.2, 0.25) is 5.91 Å². The van der Waals surface area contributed by atoms with Crippen LogP contribution in [0, 0.1) is 20.8 Å². The molecule has 0 spiro atoms. The molecule has 1 heterocycles. The van der Waals surface area contributed by atoms with Crippen LogP contribution >= 0.6 is 11.8 Å². The van der Waals surface area contributed by atoms with Gasteiger partial charge in [0, 0.05) is 16.6 Å². The number of rotatable bonds is 5. The first-order valence-electron chi connectivity index (χ1n) is 8.76. The Balaban J connectivity index is 1.69. The van der Waals surface area contributed by atoms with E-state index >= 15 is 0 Å². The molecule has 0 fully saturated rings. The van der Waals surface area contributed by atoms with Crippen LogP contribution in [-0.4, -0.2) is 22.4 Å². The van der Waals surface area contributed by atoms with E-state index in [0.29, 0.717) is 11.3 Å². The molecule has 0 atom stereocenters. The zero-order valence-electron chi connectivity index (χ0n) is 15.9. The van der Waals surface area contributed by atoms with Gasteiger partial charge in [-0.15, -0.1) is 0 Å². The lowest BCUT2D eigenvalue weighted by Crippen LogP contribution is -2.14. The van der Waals surface area contributed by atoms with Crippen LogP contribution in [0.4, 0.5) is 5.69 Å². The number of pyridine rings is 1. The molecule has 138 valence electrons. The van der Waals surface area contributed by atoms with Gasteiger partial charge in [0.05, 0.1) is 16.3 Å². The lowest BCUT2D eigenvalue weighted by atomic mass is 10.0. The smallest absolute Gasteiger partial charge is 0.234 e. The highest BCUT2D eigenvalue weighted by atomic mass is 32.2. The van der Waals surface area contributed by atoms with E-state index in [1.165, 1.54) is 29.8 Å². The summed E-state index contributed by atoms with van der Waals surface area (Å²) >= 11 is 1.42. The molecule has 0 aliphatic carbocycles. The number of anilines is 1. The average Bonchev–Trinajstić information content (AvgIpc) is 2.64. The summed E-state index contributed by atoms with van der Waals surface area (Å²) in [7, 11) is 0. The predicted octanol–water partition coefficient (Wildman–Crippen LogP) is 5.09. The number of nitrogens with one attached hydrogen (secondary N) is 1. The predicted molar refractivity (Wildman–Crippen MR) is 112 cm³/mol. The van der Waals surface area contributed by atoms with Crippen molar-refractivity contribution >= 4 is 40.0 Å². The second-order valence-electron chi connectivity index (χ2n) is 6.65. The minimum absolute atomic E-state index is 0.00621. The van der Waals surface area contributed by atoms with E-state index in [-0.39, 0.29) is 17.4 Å². The summed E-state index contributed by atoms with van der Waals surface area (Å²) in [5.74, 6) is 0.180. The molecule has 1 amide bonds. The van der Waals surface area contributed by atoms with Crippen LogP contribution in [0.15, 0.2) is 47.5 Å². The highest BCUT2D eigenvalue weighted by Gasteiger charge is 2.10. The Labute approximate surface area is 163 Å². The number of aryl methyl sites for hydroxylation is 3. The summed E-state index contributed by atoms with van der Waals surface area (Å²) in [5.41, 5.74) is 5.85. The van der Waals surface area contributed by atoms with Gasteiger partial charge in [-0.05, 0) is 74.7 Å². The van der Waals surface area contributed by atoms with Crippen LogP contribution in [0.2, 0.25) is 0 Å². The molecular weight excluding hydrogens is 356 g/mol. The minimum Gasteiger partial charge on any atom is -0.325 e. The van der Waals surface area contributed by atoms with E-state index in [2.05, 4.69) is 38.2 Å². The van der Waals surface area contributed by atoms with Gasteiger partial charge in [-0.25, -0.2) is 4.98 Å². The zero-order valence-corrected chi connectivity index (χ0v) is 16.7. The molecule has 0 aliphatic heterocycles. The van der Waals surface area contributed by atoms with Gasteiger partial charge in [-0.1, -0.05) is 23.9 Å². The molecule has 0 radical (unpaired) electrons. The van der Waals surface area contributed by atoms with E-state index in [1.54, 1.807) is 24.3 Å². The summed E-state index contributed by atoms with van der Waals surface area (Å²) in [6.07, 6.45) is 0. The van der Waals surface area contributed by atoms with Gasteiger partial charge < -0.3 is 5.32 Å². The van der Waals surface area contributed by atoms with Crippen molar-refractivity contribution in [3.8, 4) is 0 Å². The number of thioether (sulfide) groups is 1. The van der Waals surface area contributed by atoms with E-state index in [9.17, 15) is 9.59 Å². The van der Waals surface area contributed by atoms with Gasteiger partial charge in [0.15, 0.2) is 5.78 Å². The number of carbonyl (C=O) groups excluding carboxylic acids is 2. The lowest BCUT2D eigenvalue weighted by Gasteiger charge is -2.10. The Kier molecular flexibility index (Phi) is 5.61. The summed E-state index contributed by atoms with van der Waals surface area (Å²) < 4.78 is 0. The molecule has 3 aromatic rings. The largest absolute Gasteiger partial charge is 0.325 e. The normalized spacial score (nSPS) is 10.8. The summed E-state index contributed by atoms with van der Waals surface area (Å²) in [6, 6.07) is 13.1. The number of carbonyl (C=O) groups is 2. The summed E-state index contributed by atoms with van der Waals surface area (Å²) in [5, 5.41) is 4.85. The Morgan fingerprint density at radius 2 is 1.70 bits per heavy atom. The number of Topliss-reactive ketones (excluding diaryl/α,β-unsaturated/α-hetero) is 1. The fourth-order valence-electron chi connectivity index (χ4n) is 2.87. The van der Waals surface area contributed by atoms with Crippen LogP contribution in [0.1, 0.15) is 34.0 Å². The first-order chi connectivity index (χ1) is 12.8. The minimum atomic E-state index is -0.101. The molecule has 0 saturated heterocycles. The van der Waals surface area contributed by atoms with Gasteiger partial charge in [-0.2, -0.15) is 0 Å². The Morgan fingerprint density at radius 1 is 1.00 bits per heavy atom. The third-order valence-electron chi connectivity index (χ3n) is 4.61. The highest BCUT2D eigenvalue weighted by Crippen LogP contribution is 2.27. The first-order valence-corrected chi connectivity index (χ1v) is 9.75. The maximum atomic E-state index is 12.2. The van der Waals surface area contributed by atoms with Crippen molar-refractivity contribution < 1.29 is 9.59 Å². The highest BCUT2D eigenvalue weighted by molar-refractivity contribution is 7.99. The summed E-state index contributed by atoms with van der Waals surface area (Å²) in [4.78, 5) is 28.3. The number of fused-ring (bicyclic) bond motifs is 1. The van der Waals surface area contributed by atoms with E-state index in [0.717, 1.165) is 21.5 Å². The molecule has 27 heavy (non-hydrogen) atoms. The number of benzene rings is 2. The fraction of sp³-hybridized carbons (Fsp3) is 0.227. The third kappa shape index (κ3) is 4.37. The van der Waals surface area contributed by atoms with Crippen molar-refractivity contribution in [2.75, 3.05) is 11.1 Å². The molecule has 0 bridgehead atoms.